The lowest BCUT2D eigenvalue weighted by Crippen LogP contribution is -2.20. The number of aromatic nitrogens is 1. The zero-order chi connectivity index (χ0) is 17.6. The van der Waals surface area contributed by atoms with Crippen LogP contribution in [0.5, 0.6) is 0 Å². The molecule has 0 saturated heterocycles. The minimum Gasteiger partial charge on any atom is -0.325 e. The molecular weight excluding hydrogens is 315 g/mol. The normalized spacial score (nSPS) is 11.8. The monoisotopic (exact) mass is 334 g/mol. The van der Waals surface area contributed by atoms with Gasteiger partial charge in [-0.25, -0.2) is 4.39 Å². The van der Waals surface area contributed by atoms with Gasteiger partial charge >= 0.3 is 0 Å². The number of halogens is 1. The number of pyridine rings is 1. The van der Waals surface area contributed by atoms with Gasteiger partial charge in [0.1, 0.15) is 5.82 Å². The molecule has 3 rings (SSSR count). The lowest BCUT2D eigenvalue weighted by atomic mass is 9.93. The summed E-state index contributed by atoms with van der Waals surface area (Å²) < 4.78 is 13.9. The molecule has 0 aliphatic rings. The summed E-state index contributed by atoms with van der Waals surface area (Å²) >= 11 is 0. The largest absolute Gasteiger partial charge is 0.325 e. The predicted octanol–water partition coefficient (Wildman–Crippen LogP) is 5.02. The Morgan fingerprint density at radius 2 is 1.72 bits per heavy atom. The third-order valence-corrected chi connectivity index (χ3v) is 4.17. The van der Waals surface area contributed by atoms with Crippen molar-refractivity contribution < 1.29 is 9.18 Å². The molecule has 4 heteroatoms. The quantitative estimate of drug-likeness (QED) is 0.712. The fourth-order valence-corrected chi connectivity index (χ4v) is 2.83. The van der Waals surface area contributed by atoms with E-state index in [1.165, 1.54) is 6.07 Å². The van der Waals surface area contributed by atoms with Gasteiger partial charge in [-0.05, 0) is 35.7 Å². The lowest BCUT2D eigenvalue weighted by molar-refractivity contribution is -0.117. The second-order valence-electron chi connectivity index (χ2n) is 5.79. The SMILES string of the molecule is CCC(C(=O)Nc1ccncc1)c1ccc(-c2ccccc2F)cc1. The van der Waals surface area contributed by atoms with Crippen LogP contribution in [-0.4, -0.2) is 10.9 Å². The highest BCUT2D eigenvalue weighted by atomic mass is 19.1. The van der Waals surface area contributed by atoms with Crippen LogP contribution in [0.1, 0.15) is 24.8 Å². The standard InChI is InChI=1S/C21H19FN2O/c1-2-18(21(25)24-17-11-13-23-14-12-17)15-7-9-16(10-8-15)19-5-3-4-6-20(19)22/h3-14,18H,2H2,1H3,(H,23,24,25). The number of carbonyl (C=O) groups excluding carboxylic acids is 1. The van der Waals surface area contributed by atoms with Crippen LogP contribution in [-0.2, 0) is 4.79 Å². The molecule has 1 N–H and O–H groups in total. The molecule has 0 radical (unpaired) electrons. The van der Waals surface area contributed by atoms with Crippen LogP contribution in [0.2, 0.25) is 0 Å². The smallest absolute Gasteiger partial charge is 0.231 e. The third-order valence-electron chi connectivity index (χ3n) is 4.17. The summed E-state index contributed by atoms with van der Waals surface area (Å²) in [5, 5.41) is 2.91. The second kappa shape index (κ2) is 7.71. The van der Waals surface area contributed by atoms with E-state index in [4.69, 9.17) is 0 Å². The molecule has 2 aromatic carbocycles. The van der Waals surface area contributed by atoms with E-state index in [0.717, 1.165) is 16.8 Å². The maximum absolute atomic E-state index is 13.9. The Morgan fingerprint density at radius 3 is 2.36 bits per heavy atom. The lowest BCUT2D eigenvalue weighted by Gasteiger charge is -2.16. The molecule has 1 atom stereocenters. The number of hydrogen-bond donors (Lipinski definition) is 1. The highest BCUT2D eigenvalue weighted by Gasteiger charge is 2.19. The van der Waals surface area contributed by atoms with Gasteiger partial charge in [0.25, 0.3) is 0 Å². The van der Waals surface area contributed by atoms with E-state index in [1.807, 2.05) is 37.3 Å². The van der Waals surface area contributed by atoms with Gasteiger partial charge in [-0.3, -0.25) is 9.78 Å². The average Bonchev–Trinajstić information content (AvgIpc) is 2.64. The third kappa shape index (κ3) is 3.91. The van der Waals surface area contributed by atoms with Gasteiger partial charge in [0.2, 0.25) is 5.91 Å². The van der Waals surface area contributed by atoms with Gasteiger partial charge in [0, 0.05) is 23.6 Å². The Hall–Kier alpha value is -3.01. The first kappa shape index (κ1) is 16.8. The number of benzene rings is 2. The van der Waals surface area contributed by atoms with Crippen molar-refractivity contribution in [3.8, 4) is 11.1 Å². The molecule has 0 bridgehead atoms. The number of amides is 1. The van der Waals surface area contributed by atoms with Crippen LogP contribution in [0.25, 0.3) is 11.1 Å². The highest BCUT2D eigenvalue weighted by molar-refractivity contribution is 5.95. The number of carbonyl (C=O) groups is 1. The second-order valence-corrected chi connectivity index (χ2v) is 5.79. The number of hydrogen-bond acceptors (Lipinski definition) is 2. The Bertz CT molecular complexity index is 847. The predicted molar refractivity (Wildman–Crippen MR) is 97.7 cm³/mol. The van der Waals surface area contributed by atoms with E-state index in [1.54, 1.807) is 36.7 Å². The molecule has 3 nitrogen and oxygen atoms in total. The van der Waals surface area contributed by atoms with Crippen molar-refractivity contribution in [3.63, 3.8) is 0 Å². The Kier molecular flexibility index (Phi) is 5.19. The molecular formula is C21H19FN2O. The first-order valence-corrected chi connectivity index (χ1v) is 8.24. The molecule has 1 unspecified atom stereocenters. The maximum Gasteiger partial charge on any atom is 0.231 e. The van der Waals surface area contributed by atoms with Gasteiger partial charge in [0.15, 0.2) is 0 Å². The van der Waals surface area contributed by atoms with Crippen molar-refractivity contribution in [3.05, 3.63) is 84.4 Å². The molecule has 1 aromatic heterocycles. The molecule has 0 aliphatic carbocycles. The first-order chi connectivity index (χ1) is 12.2. The summed E-state index contributed by atoms with van der Waals surface area (Å²) in [6.07, 6.45) is 3.95. The van der Waals surface area contributed by atoms with Gasteiger partial charge < -0.3 is 5.32 Å². The van der Waals surface area contributed by atoms with E-state index >= 15 is 0 Å². The van der Waals surface area contributed by atoms with E-state index in [2.05, 4.69) is 10.3 Å². The van der Waals surface area contributed by atoms with Crippen LogP contribution in [0.4, 0.5) is 10.1 Å². The van der Waals surface area contributed by atoms with E-state index in [9.17, 15) is 9.18 Å². The molecule has 3 aromatic rings. The Morgan fingerprint density at radius 1 is 1.04 bits per heavy atom. The van der Waals surface area contributed by atoms with E-state index in [-0.39, 0.29) is 17.6 Å². The molecule has 0 fully saturated rings. The van der Waals surface area contributed by atoms with Crippen molar-refractivity contribution in [2.75, 3.05) is 5.32 Å². The molecule has 0 aliphatic heterocycles. The average molecular weight is 334 g/mol. The van der Waals surface area contributed by atoms with Gasteiger partial charge in [0.05, 0.1) is 5.92 Å². The first-order valence-electron chi connectivity index (χ1n) is 8.24. The number of anilines is 1. The van der Waals surface area contributed by atoms with E-state index < -0.39 is 0 Å². The molecule has 1 heterocycles. The number of rotatable bonds is 5. The van der Waals surface area contributed by atoms with Crippen molar-refractivity contribution in [2.45, 2.75) is 19.3 Å². The summed E-state index contributed by atoms with van der Waals surface area (Å²) in [5.41, 5.74) is 2.99. The highest BCUT2D eigenvalue weighted by Crippen LogP contribution is 2.27. The van der Waals surface area contributed by atoms with Gasteiger partial charge in [-0.1, -0.05) is 49.4 Å². The van der Waals surface area contributed by atoms with Crippen molar-refractivity contribution in [2.24, 2.45) is 0 Å². The van der Waals surface area contributed by atoms with E-state index in [0.29, 0.717) is 12.0 Å². The zero-order valence-corrected chi connectivity index (χ0v) is 13.9. The molecule has 0 spiro atoms. The summed E-state index contributed by atoms with van der Waals surface area (Å²) in [5.74, 6) is -0.576. The van der Waals surface area contributed by atoms with Crippen LogP contribution in [0.15, 0.2) is 73.1 Å². The van der Waals surface area contributed by atoms with Crippen LogP contribution >= 0.6 is 0 Å². The minimum atomic E-state index is -0.261. The minimum absolute atomic E-state index is 0.0626. The van der Waals surface area contributed by atoms with Crippen molar-refractivity contribution in [1.29, 1.82) is 0 Å². The van der Waals surface area contributed by atoms with Crippen LogP contribution in [0.3, 0.4) is 0 Å². The maximum atomic E-state index is 13.9. The number of nitrogens with zero attached hydrogens (tertiary/aromatic N) is 1. The van der Waals surface area contributed by atoms with Crippen LogP contribution in [0, 0.1) is 5.82 Å². The molecule has 126 valence electrons. The zero-order valence-electron chi connectivity index (χ0n) is 13.9. The fraction of sp³-hybridized carbons (Fsp3) is 0.143. The van der Waals surface area contributed by atoms with Crippen LogP contribution < -0.4 is 5.32 Å². The fourth-order valence-electron chi connectivity index (χ4n) is 2.83. The molecule has 0 saturated carbocycles. The Labute approximate surface area is 146 Å². The molecule has 25 heavy (non-hydrogen) atoms. The summed E-state index contributed by atoms with van der Waals surface area (Å²) in [4.78, 5) is 16.5. The van der Waals surface area contributed by atoms with Gasteiger partial charge in [-0.2, -0.15) is 0 Å². The summed E-state index contributed by atoms with van der Waals surface area (Å²) in [6, 6.07) is 17.7. The van der Waals surface area contributed by atoms with Crippen molar-refractivity contribution >= 4 is 11.6 Å². The topological polar surface area (TPSA) is 42.0 Å². The molecule has 1 amide bonds. The number of nitrogens with one attached hydrogen (secondary N) is 1. The Balaban J connectivity index is 1.80. The summed E-state index contributed by atoms with van der Waals surface area (Å²) in [7, 11) is 0. The van der Waals surface area contributed by atoms with Gasteiger partial charge in [-0.15, -0.1) is 0 Å². The van der Waals surface area contributed by atoms with Crippen molar-refractivity contribution in [1.82, 2.24) is 4.98 Å². The summed E-state index contributed by atoms with van der Waals surface area (Å²) in [6.45, 7) is 1.97.